The molecule has 0 saturated heterocycles. The second kappa shape index (κ2) is 6.86. The van der Waals surface area contributed by atoms with Crippen LogP contribution in [0.15, 0.2) is 0 Å². The van der Waals surface area contributed by atoms with E-state index in [9.17, 15) is 4.79 Å². The van der Waals surface area contributed by atoms with E-state index in [0.29, 0.717) is 6.42 Å². The molecule has 1 atom stereocenters. The Kier molecular flexibility index (Phi) is 6.60. The summed E-state index contributed by atoms with van der Waals surface area (Å²) < 4.78 is 0. The first-order chi connectivity index (χ1) is 7.31. The second-order valence-corrected chi connectivity index (χ2v) is 4.91. The SMILES string of the molecule is CCCCC(OOC(C)(C)C(C)C)C(=O)O. The second-order valence-electron chi connectivity index (χ2n) is 4.91. The molecule has 0 radical (unpaired) electrons. The summed E-state index contributed by atoms with van der Waals surface area (Å²) in [5.41, 5.74) is -0.472. The molecular formula is C12H24O4. The van der Waals surface area contributed by atoms with Crippen LogP contribution in [0.1, 0.15) is 53.9 Å². The summed E-state index contributed by atoms with van der Waals surface area (Å²) in [4.78, 5) is 21.1. The zero-order valence-electron chi connectivity index (χ0n) is 10.9. The summed E-state index contributed by atoms with van der Waals surface area (Å²) in [5.74, 6) is -0.707. The van der Waals surface area contributed by atoms with Gasteiger partial charge in [-0.25, -0.2) is 14.6 Å². The normalized spacial score (nSPS) is 14.1. The van der Waals surface area contributed by atoms with Gasteiger partial charge in [0, 0.05) is 0 Å². The van der Waals surface area contributed by atoms with Crippen molar-refractivity contribution in [1.29, 1.82) is 0 Å². The fourth-order valence-electron chi connectivity index (χ4n) is 0.881. The molecule has 0 heterocycles. The van der Waals surface area contributed by atoms with Crippen LogP contribution in [0.3, 0.4) is 0 Å². The molecule has 0 fully saturated rings. The largest absolute Gasteiger partial charge is 0.479 e. The Morgan fingerprint density at radius 3 is 2.31 bits per heavy atom. The lowest BCUT2D eigenvalue weighted by molar-refractivity contribution is -0.380. The molecule has 0 aliphatic carbocycles. The number of rotatable bonds is 8. The van der Waals surface area contributed by atoms with E-state index in [2.05, 4.69) is 0 Å². The quantitative estimate of drug-likeness (QED) is 0.516. The molecule has 4 nitrogen and oxygen atoms in total. The van der Waals surface area contributed by atoms with Crippen LogP contribution in [0.5, 0.6) is 0 Å². The first kappa shape index (κ1) is 15.4. The van der Waals surface area contributed by atoms with Crippen LogP contribution < -0.4 is 0 Å². The maximum atomic E-state index is 10.9. The van der Waals surface area contributed by atoms with Gasteiger partial charge in [-0.2, -0.15) is 0 Å². The highest BCUT2D eigenvalue weighted by molar-refractivity contribution is 5.72. The van der Waals surface area contributed by atoms with Gasteiger partial charge < -0.3 is 5.11 Å². The van der Waals surface area contributed by atoms with Crippen LogP contribution in [0.25, 0.3) is 0 Å². The molecule has 1 N–H and O–H groups in total. The number of carboxylic acids is 1. The molecule has 96 valence electrons. The monoisotopic (exact) mass is 232 g/mol. The maximum absolute atomic E-state index is 10.9. The summed E-state index contributed by atoms with van der Waals surface area (Å²) in [7, 11) is 0. The molecule has 0 rings (SSSR count). The number of carboxylic acid groups (broad SMARTS) is 1. The van der Waals surface area contributed by atoms with Gasteiger partial charge in [0.25, 0.3) is 0 Å². The Morgan fingerprint density at radius 1 is 1.38 bits per heavy atom. The molecule has 1 unspecified atom stereocenters. The average molecular weight is 232 g/mol. The van der Waals surface area contributed by atoms with Crippen molar-refractivity contribution >= 4 is 5.97 Å². The number of hydrogen-bond acceptors (Lipinski definition) is 3. The van der Waals surface area contributed by atoms with Crippen molar-refractivity contribution in [2.24, 2.45) is 5.92 Å². The molecule has 0 aliphatic rings. The predicted octanol–water partition coefficient (Wildman–Crippen LogP) is 3.01. The highest BCUT2D eigenvalue weighted by Gasteiger charge is 2.28. The van der Waals surface area contributed by atoms with Crippen molar-refractivity contribution < 1.29 is 19.7 Å². The highest BCUT2D eigenvalue weighted by Crippen LogP contribution is 2.22. The van der Waals surface area contributed by atoms with Crippen LogP contribution in [0.2, 0.25) is 0 Å². The van der Waals surface area contributed by atoms with Crippen molar-refractivity contribution in [2.45, 2.75) is 65.6 Å². The number of carbonyl (C=O) groups is 1. The van der Waals surface area contributed by atoms with Crippen LogP contribution in [0.4, 0.5) is 0 Å². The molecular weight excluding hydrogens is 208 g/mol. The van der Waals surface area contributed by atoms with E-state index in [-0.39, 0.29) is 5.92 Å². The third-order valence-corrected chi connectivity index (χ3v) is 2.86. The van der Waals surface area contributed by atoms with E-state index in [4.69, 9.17) is 14.9 Å². The van der Waals surface area contributed by atoms with Gasteiger partial charge in [0.1, 0.15) is 5.60 Å². The van der Waals surface area contributed by atoms with Gasteiger partial charge in [-0.3, -0.25) is 0 Å². The topological polar surface area (TPSA) is 55.8 Å². The third kappa shape index (κ3) is 5.47. The molecule has 0 spiro atoms. The van der Waals surface area contributed by atoms with E-state index < -0.39 is 17.7 Å². The lowest BCUT2D eigenvalue weighted by Gasteiger charge is -2.29. The zero-order valence-corrected chi connectivity index (χ0v) is 10.9. The Hall–Kier alpha value is -0.610. The van der Waals surface area contributed by atoms with Crippen molar-refractivity contribution in [3.8, 4) is 0 Å². The molecule has 0 aliphatic heterocycles. The van der Waals surface area contributed by atoms with Gasteiger partial charge in [0.05, 0.1) is 0 Å². The molecule has 0 amide bonds. The van der Waals surface area contributed by atoms with Crippen molar-refractivity contribution in [2.75, 3.05) is 0 Å². The van der Waals surface area contributed by atoms with E-state index >= 15 is 0 Å². The Balaban J connectivity index is 4.16. The predicted molar refractivity (Wildman–Crippen MR) is 62.0 cm³/mol. The molecule has 0 saturated carbocycles. The average Bonchev–Trinajstić information content (AvgIpc) is 2.16. The minimum absolute atomic E-state index is 0.258. The van der Waals surface area contributed by atoms with Crippen molar-refractivity contribution in [3.63, 3.8) is 0 Å². The van der Waals surface area contributed by atoms with Crippen molar-refractivity contribution in [1.82, 2.24) is 0 Å². The Labute approximate surface area is 97.9 Å². The fourth-order valence-corrected chi connectivity index (χ4v) is 0.881. The summed E-state index contributed by atoms with van der Waals surface area (Å²) in [6.45, 7) is 9.79. The molecule has 0 bridgehead atoms. The van der Waals surface area contributed by atoms with Gasteiger partial charge in [-0.15, -0.1) is 0 Å². The lowest BCUT2D eigenvalue weighted by Crippen LogP contribution is -2.35. The van der Waals surface area contributed by atoms with Crippen LogP contribution in [-0.2, 0) is 14.6 Å². The van der Waals surface area contributed by atoms with E-state index in [1.54, 1.807) is 0 Å². The lowest BCUT2D eigenvalue weighted by atomic mass is 9.95. The summed E-state index contributed by atoms with van der Waals surface area (Å²) in [6, 6.07) is 0. The van der Waals surface area contributed by atoms with Gasteiger partial charge >= 0.3 is 5.97 Å². The maximum Gasteiger partial charge on any atom is 0.336 e. The smallest absolute Gasteiger partial charge is 0.336 e. The molecule has 0 aromatic carbocycles. The van der Waals surface area contributed by atoms with Crippen LogP contribution >= 0.6 is 0 Å². The summed E-state index contributed by atoms with van der Waals surface area (Å²) in [6.07, 6.45) is 1.39. The van der Waals surface area contributed by atoms with E-state index in [0.717, 1.165) is 12.8 Å². The van der Waals surface area contributed by atoms with Crippen LogP contribution in [0, 0.1) is 5.92 Å². The standard InChI is InChI=1S/C12H24O4/c1-6-7-8-10(11(13)14)15-16-12(4,5)9(2)3/h9-10H,6-8H2,1-5H3,(H,13,14). The van der Waals surface area contributed by atoms with Gasteiger partial charge in [0.15, 0.2) is 6.10 Å². The Morgan fingerprint density at radius 2 is 1.94 bits per heavy atom. The first-order valence-corrected chi connectivity index (χ1v) is 5.88. The summed E-state index contributed by atoms with van der Waals surface area (Å²) >= 11 is 0. The number of aliphatic carboxylic acids is 1. The summed E-state index contributed by atoms with van der Waals surface area (Å²) in [5, 5.41) is 8.93. The van der Waals surface area contributed by atoms with Gasteiger partial charge in [-0.05, 0) is 26.2 Å². The first-order valence-electron chi connectivity index (χ1n) is 5.88. The van der Waals surface area contributed by atoms with E-state index in [1.807, 2.05) is 34.6 Å². The van der Waals surface area contributed by atoms with Crippen molar-refractivity contribution in [3.05, 3.63) is 0 Å². The fraction of sp³-hybridized carbons (Fsp3) is 0.917. The third-order valence-electron chi connectivity index (χ3n) is 2.86. The Bertz CT molecular complexity index is 211. The minimum Gasteiger partial charge on any atom is -0.479 e. The molecule has 16 heavy (non-hydrogen) atoms. The molecule has 4 heteroatoms. The number of hydrogen-bond donors (Lipinski definition) is 1. The number of unbranched alkanes of at least 4 members (excludes halogenated alkanes) is 1. The zero-order chi connectivity index (χ0) is 12.8. The molecule has 0 aromatic rings. The van der Waals surface area contributed by atoms with E-state index in [1.165, 1.54) is 0 Å². The molecule has 0 aromatic heterocycles. The van der Waals surface area contributed by atoms with Gasteiger partial charge in [-0.1, -0.05) is 33.6 Å². The van der Waals surface area contributed by atoms with Crippen LogP contribution in [-0.4, -0.2) is 22.8 Å². The highest BCUT2D eigenvalue weighted by atomic mass is 17.2. The minimum atomic E-state index is -0.965. The van der Waals surface area contributed by atoms with Gasteiger partial charge in [0.2, 0.25) is 0 Å².